The molecule has 0 spiro atoms. The van der Waals surface area contributed by atoms with Crippen molar-refractivity contribution in [3.63, 3.8) is 0 Å². The van der Waals surface area contributed by atoms with Crippen LogP contribution in [0, 0.1) is 13.8 Å². The molecule has 3 aromatic rings. The molecule has 0 saturated carbocycles. The molecule has 0 N–H and O–H groups in total. The van der Waals surface area contributed by atoms with Gasteiger partial charge in [0.1, 0.15) is 5.71 Å². The first-order valence-corrected chi connectivity index (χ1v) is 10.1. The fourth-order valence-corrected chi connectivity index (χ4v) is 4.18. The van der Waals surface area contributed by atoms with Gasteiger partial charge in [-0.3, -0.25) is 4.79 Å². The second-order valence-corrected chi connectivity index (χ2v) is 7.84. The minimum atomic E-state index is -0.605. The molecule has 31 heavy (non-hydrogen) atoms. The second kappa shape index (κ2) is 7.28. The number of anilines is 1. The van der Waals surface area contributed by atoms with Gasteiger partial charge in [-0.15, -0.1) is 0 Å². The molecule has 0 fully saturated rings. The van der Waals surface area contributed by atoms with E-state index in [9.17, 15) is 9.59 Å². The zero-order valence-electron chi connectivity index (χ0n) is 16.9. The molecule has 2 aliphatic rings. The van der Waals surface area contributed by atoms with Crippen LogP contribution in [0.5, 0.6) is 11.5 Å². The first-order chi connectivity index (χ1) is 14.9. The predicted molar refractivity (Wildman–Crippen MR) is 117 cm³/mol. The fourth-order valence-electron chi connectivity index (χ4n) is 4.00. The van der Waals surface area contributed by atoms with Gasteiger partial charge in [0.05, 0.1) is 5.69 Å². The number of carbonyl (C=O) groups is 2. The summed E-state index contributed by atoms with van der Waals surface area (Å²) in [5.41, 5.74) is 4.42. The van der Waals surface area contributed by atoms with Crippen molar-refractivity contribution >= 4 is 34.9 Å². The SMILES string of the molecule is Cc1cc(CC2=NC(=O)N(c3cccc(Cl)c3)C2=O)c(C)n1-c1ccc2c(c1)OCO2. The highest BCUT2D eigenvalue weighted by Crippen LogP contribution is 2.35. The lowest BCUT2D eigenvalue weighted by Gasteiger charge is -2.13. The number of benzene rings is 2. The Labute approximate surface area is 183 Å². The van der Waals surface area contributed by atoms with Gasteiger partial charge < -0.3 is 14.0 Å². The molecule has 0 bridgehead atoms. The van der Waals surface area contributed by atoms with Gasteiger partial charge in [0.2, 0.25) is 6.79 Å². The Bertz CT molecular complexity index is 1280. The minimum Gasteiger partial charge on any atom is -0.454 e. The van der Waals surface area contributed by atoms with Crippen LogP contribution in [0.4, 0.5) is 10.5 Å². The number of nitrogens with zero attached hydrogens (tertiary/aromatic N) is 3. The molecular formula is C23H18ClN3O4. The number of amides is 3. The van der Waals surface area contributed by atoms with E-state index < -0.39 is 11.9 Å². The van der Waals surface area contributed by atoms with Crippen LogP contribution < -0.4 is 14.4 Å². The van der Waals surface area contributed by atoms with Crippen molar-refractivity contribution < 1.29 is 19.1 Å². The van der Waals surface area contributed by atoms with Crippen LogP contribution >= 0.6 is 11.6 Å². The van der Waals surface area contributed by atoms with Crippen molar-refractivity contribution in [2.24, 2.45) is 4.99 Å². The number of hydrogen-bond donors (Lipinski definition) is 0. The van der Waals surface area contributed by atoms with Gasteiger partial charge in [-0.25, -0.2) is 9.69 Å². The Kier molecular flexibility index (Phi) is 4.55. The van der Waals surface area contributed by atoms with Gasteiger partial charge in [-0.2, -0.15) is 4.99 Å². The Morgan fingerprint density at radius 2 is 1.81 bits per heavy atom. The molecule has 8 heteroatoms. The van der Waals surface area contributed by atoms with E-state index in [-0.39, 0.29) is 18.9 Å². The molecule has 7 nitrogen and oxygen atoms in total. The molecule has 5 rings (SSSR count). The third-order valence-electron chi connectivity index (χ3n) is 5.45. The topological polar surface area (TPSA) is 73.1 Å². The summed E-state index contributed by atoms with van der Waals surface area (Å²) in [6.45, 7) is 4.18. The zero-order valence-corrected chi connectivity index (χ0v) is 17.6. The number of imide groups is 1. The van der Waals surface area contributed by atoms with E-state index in [0.29, 0.717) is 16.5 Å². The maximum atomic E-state index is 12.9. The number of aromatic nitrogens is 1. The standard InChI is InChI=1S/C23H18ClN3O4/c1-13-8-15(14(2)26(13)18-6-7-20-21(11-18)31-12-30-20)9-19-22(28)27(23(29)25-19)17-5-3-4-16(24)10-17/h3-8,10-11H,9,12H2,1-2H3. The Balaban J connectivity index is 1.44. The molecule has 0 radical (unpaired) electrons. The van der Waals surface area contributed by atoms with Crippen LogP contribution in [0.1, 0.15) is 17.0 Å². The smallest absolute Gasteiger partial charge is 0.355 e. The van der Waals surface area contributed by atoms with E-state index in [0.717, 1.165) is 33.3 Å². The highest BCUT2D eigenvalue weighted by molar-refractivity contribution is 6.54. The number of urea groups is 1. The van der Waals surface area contributed by atoms with E-state index in [2.05, 4.69) is 9.56 Å². The van der Waals surface area contributed by atoms with Crippen LogP contribution in [0.2, 0.25) is 5.02 Å². The van der Waals surface area contributed by atoms with Crippen molar-refractivity contribution in [2.75, 3.05) is 11.7 Å². The van der Waals surface area contributed by atoms with Gasteiger partial charge >= 0.3 is 6.03 Å². The monoisotopic (exact) mass is 435 g/mol. The lowest BCUT2D eigenvalue weighted by atomic mass is 10.1. The molecule has 0 atom stereocenters. The average molecular weight is 436 g/mol. The number of ether oxygens (including phenoxy) is 2. The van der Waals surface area contributed by atoms with E-state index in [1.165, 1.54) is 0 Å². The molecular weight excluding hydrogens is 418 g/mol. The van der Waals surface area contributed by atoms with Crippen LogP contribution in [-0.4, -0.2) is 29.0 Å². The van der Waals surface area contributed by atoms with Crippen LogP contribution in [0.15, 0.2) is 53.5 Å². The first-order valence-electron chi connectivity index (χ1n) is 9.72. The number of aryl methyl sites for hydroxylation is 1. The van der Waals surface area contributed by atoms with Gasteiger partial charge in [0.25, 0.3) is 5.91 Å². The molecule has 3 heterocycles. The summed E-state index contributed by atoms with van der Waals surface area (Å²) in [7, 11) is 0. The summed E-state index contributed by atoms with van der Waals surface area (Å²) in [4.78, 5) is 30.4. The van der Waals surface area contributed by atoms with Gasteiger partial charge in [-0.1, -0.05) is 17.7 Å². The molecule has 0 aliphatic carbocycles. The molecule has 0 unspecified atom stereocenters. The second-order valence-electron chi connectivity index (χ2n) is 7.41. The summed E-state index contributed by atoms with van der Waals surface area (Å²) in [6, 6.07) is 13.8. The van der Waals surface area contributed by atoms with Crippen molar-refractivity contribution in [3.8, 4) is 17.2 Å². The largest absolute Gasteiger partial charge is 0.454 e. The third-order valence-corrected chi connectivity index (χ3v) is 5.68. The average Bonchev–Trinajstić information content (AvgIpc) is 3.38. The minimum absolute atomic E-state index is 0.205. The van der Waals surface area contributed by atoms with Crippen molar-refractivity contribution in [1.82, 2.24) is 4.57 Å². The van der Waals surface area contributed by atoms with E-state index in [1.807, 2.05) is 38.1 Å². The van der Waals surface area contributed by atoms with Crippen molar-refractivity contribution in [1.29, 1.82) is 0 Å². The summed E-state index contributed by atoms with van der Waals surface area (Å²) < 4.78 is 13.0. The summed E-state index contributed by atoms with van der Waals surface area (Å²) in [5, 5.41) is 0.443. The normalized spacial score (nSPS) is 15.1. The summed E-state index contributed by atoms with van der Waals surface area (Å²) in [5.74, 6) is 0.988. The molecule has 0 saturated heterocycles. The third kappa shape index (κ3) is 3.27. The number of fused-ring (bicyclic) bond motifs is 1. The number of rotatable bonds is 4. The summed E-state index contributed by atoms with van der Waals surface area (Å²) in [6.07, 6.45) is 0.256. The fraction of sp³-hybridized carbons (Fsp3) is 0.174. The van der Waals surface area contributed by atoms with Gasteiger partial charge in [-0.05, 0) is 55.8 Å². The Morgan fingerprint density at radius 1 is 1.00 bits per heavy atom. The first kappa shape index (κ1) is 19.4. The van der Waals surface area contributed by atoms with Crippen LogP contribution in [0.3, 0.4) is 0 Å². The maximum absolute atomic E-state index is 12.9. The lowest BCUT2D eigenvalue weighted by Crippen LogP contribution is -2.33. The molecule has 3 amide bonds. The molecule has 156 valence electrons. The highest BCUT2D eigenvalue weighted by Gasteiger charge is 2.35. The highest BCUT2D eigenvalue weighted by atomic mass is 35.5. The van der Waals surface area contributed by atoms with E-state index in [4.69, 9.17) is 21.1 Å². The van der Waals surface area contributed by atoms with Crippen LogP contribution in [-0.2, 0) is 11.2 Å². The quantitative estimate of drug-likeness (QED) is 0.599. The predicted octanol–water partition coefficient (Wildman–Crippen LogP) is 4.63. The Hall–Kier alpha value is -3.58. The maximum Gasteiger partial charge on any atom is 0.355 e. The molecule has 2 aliphatic heterocycles. The van der Waals surface area contributed by atoms with Gasteiger partial charge in [0.15, 0.2) is 11.5 Å². The number of hydrogen-bond acceptors (Lipinski definition) is 4. The summed E-state index contributed by atoms with van der Waals surface area (Å²) >= 11 is 6.01. The van der Waals surface area contributed by atoms with Gasteiger partial charge in [0, 0.05) is 34.6 Å². The number of carbonyl (C=O) groups excluding carboxylic acids is 2. The zero-order chi connectivity index (χ0) is 21.7. The van der Waals surface area contributed by atoms with Crippen molar-refractivity contribution in [2.45, 2.75) is 20.3 Å². The Morgan fingerprint density at radius 3 is 2.61 bits per heavy atom. The molecule has 2 aromatic carbocycles. The lowest BCUT2D eigenvalue weighted by molar-refractivity contribution is -0.111. The van der Waals surface area contributed by atoms with Crippen LogP contribution in [0.25, 0.3) is 5.69 Å². The van der Waals surface area contributed by atoms with Crippen molar-refractivity contribution in [3.05, 3.63) is 70.5 Å². The van der Waals surface area contributed by atoms with E-state index >= 15 is 0 Å². The van der Waals surface area contributed by atoms with E-state index in [1.54, 1.807) is 24.3 Å². The molecule has 1 aromatic heterocycles. The number of halogens is 1. The number of aliphatic imine (C=N–C) groups is 1.